The maximum Gasteiger partial charge on any atom is 0.228 e. The van der Waals surface area contributed by atoms with E-state index < -0.39 is 0 Å². The Kier molecular flexibility index (Phi) is 3.92. The van der Waals surface area contributed by atoms with Crippen LogP contribution in [-0.4, -0.2) is 41.8 Å². The molecule has 5 heteroatoms. The fourth-order valence-corrected chi connectivity index (χ4v) is 5.73. The summed E-state index contributed by atoms with van der Waals surface area (Å²) >= 11 is 1.65. The predicted octanol–water partition coefficient (Wildman–Crippen LogP) is 2.92. The molecule has 0 radical (unpaired) electrons. The second-order valence-corrected chi connectivity index (χ2v) is 8.28. The molecule has 0 spiro atoms. The van der Waals surface area contributed by atoms with Crippen molar-refractivity contribution >= 4 is 23.2 Å². The molecule has 3 fully saturated rings. The molecule has 2 saturated heterocycles. The highest BCUT2D eigenvalue weighted by atomic mass is 32.1. The van der Waals surface area contributed by atoms with Crippen LogP contribution in [0.4, 0.5) is 0 Å². The molecule has 1 aliphatic carbocycles. The lowest BCUT2D eigenvalue weighted by Crippen LogP contribution is -2.47. The molecule has 23 heavy (non-hydrogen) atoms. The van der Waals surface area contributed by atoms with Crippen molar-refractivity contribution in [3.8, 4) is 0 Å². The summed E-state index contributed by atoms with van der Waals surface area (Å²) in [6.07, 6.45) is 5.08. The minimum Gasteiger partial charge on any atom is -0.342 e. The summed E-state index contributed by atoms with van der Waals surface area (Å²) in [5.41, 5.74) is 0. The first kappa shape index (κ1) is 15.2. The van der Waals surface area contributed by atoms with E-state index in [4.69, 9.17) is 0 Å². The Hall–Kier alpha value is -1.36. The molecule has 4 nitrogen and oxygen atoms in total. The molecule has 0 aromatic carbocycles. The zero-order valence-electron chi connectivity index (χ0n) is 13.6. The third-order valence-electron chi connectivity index (χ3n) is 6.05. The van der Waals surface area contributed by atoms with Gasteiger partial charge in [-0.1, -0.05) is 12.5 Å². The first-order valence-corrected chi connectivity index (χ1v) is 9.61. The van der Waals surface area contributed by atoms with Crippen LogP contribution in [0.15, 0.2) is 17.5 Å². The maximum absolute atomic E-state index is 13.2. The molecule has 2 aliphatic heterocycles. The Morgan fingerprint density at radius 3 is 2.61 bits per heavy atom. The monoisotopic (exact) mass is 332 g/mol. The van der Waals surface area contributed by atoms with Gasteiger partial charge in [0.15, 0.2) is 0 Å². The lowest BCUT2D eigenvalue weighted by atomic mass is 9.87. The van der Waals surface area contributed by atoms with E-state index in [1.54, 1.807) is 16.2 Å². The van der Waals surface area contributed by atoms with Crippen molar-refractivity contribution < 1.29 is 9.59 Å². The summed E-state index contributed by atoms with van der Waals surface area (Å²) in [4.78, 5) is 30.4. The number of amides is 2. The number of hydrogen-bond donors (Lipinski definition) is 0. The van der Waals surface area contributed by atoms with Crippen LogP contribution in [-0.2, 0) is 9.59 Å². The number of hydrogen-bond acceptors (Lipinski definition) is 3. The fourth-order valence-electron chi connectivity index (χ4n) is 4.79. The first-order chi connectivity index (χ1) is 11.1. The Morgan fingerprint density at radius 1 is 1.22 bits per heavy atom. The summed E-state index contributed by atoms with van der Waals surface area (Å²) in [7, 11) is 1.85. The van der Waals surface area contributed by atoms with Crippen molar-refractivity contribution in [3.63, 3.8) is 0 Å². The lowest BCUT2D eigenvalue weighted by Gasteiger charge is -2.39. The van der Waals surface area contributed by atoms with Gasteiger partial charge in [-0.25, -0.2) is 0 Å². The van der Waals surface area contributed by atoms with Gasteiger partial charge in [0.25, 0.3) is 0 Å². The van der Waals surface area contributed by atoms with Gasteiger partial charge in [-0.2, -0.15) is 0 Å². The molecule has 1 saturated carbocycles. The molecule has 0 bridgehead atoms. The Bertz CT molecular complexity index is 588. The zero-order valence-corrected chi connectivity index (χ0v) is 14.4. The molecule has 124 valence electrons. The Balaban J connectivity index is 1.56. The van der Waals surface area contributed by atoms with Gasteiger partial charge in [0.05, 0.1) is 12.0 Å². The van der Waals surface area contributed by atoms with Crippen LogP contribution in [0.3, 0.4) is 0 Å². The molecule has 3 heterocycles. The van der Waals surface area contributed by atoms with Gasteiger partial charge in [-0.3, -0.25) is 9.59 Å². The molecular weight excluding hydrogens is 308 g/mol. The van der Waals surface area contributed by atoms with Gasteiger partial charge < -0.3 is 9.80 Å². The van der Waals surface area contributed by atoms with E-state index in [0.717, 1.165) is 29.8 Å². The number of fused-ring (bicyclic) bond motifs is 1. The summed E-state index contributed by atoms with van der Waals surface area (Å²) < 4.78 is 0. The van der Waals surface area contributed by atoms with Crippen LogP contribution < -0.4 is 0 Å². The smallest absolute Gasteiger partial charge is 0.228 e. The topological polar surface area (TPSA) is 40.6 Å². The van der Waals surface area contributed by atoms with Gasteiger partial charge >= 0.3 is 0 Å². The molecule has 1 aromatic rings. The predicted molar refractivity (Wildman–Crippen MR) is 90.0 cm³/mol. The fraction of sp³-hybridized carbons (Fsp3) is 0.667. The molecule has 4 atom stereocenters. The largest absolute Gasteiger partial charge is 0.342 e. The third-order valence-corrected chi connectivity index (χ3v) is 6.99. The second kappa shape index (κ2) is 5.93. The number of carbonyl (C=O) groups is 2. The summed E-state index contributed by atoms with van der Waals surface area (Å²) in [5.74, 6) is 1.81. The summed E-state index contributed by atoms with van der Waals surface area (Å²) in [6.45, 7) is 1.88. The van der Waals surface area contributed by atoms with E-state index in [2.05, 4.69) is 11.0 Å². The van der Waals surface area contributed by atoms with E-state index in [9.17, 15) is 9.59 Å². The average molecular weight is 332 g/mol. The quantitative estimate of drug-likeness (QED) is 0.835. The number of rotatable bonds is 2. The van der Waals surface area contributed by atoms with E-state index in [1.807, 2.05) is 18.5 Å². The standard InChI is InChI=1S/C18H24N2O2S/c1-19-16(21)8-7-14(17(19)15-6-3-9-23-15)18(22)20-10-12-4-2-5-13(12)11-20/h3,6,9,12-14,17H,2,4-5,7-8,10-11H2,1H3/t12-,13-,14-,17-/m0/s1. The molecular formula is C18H24N2O2S. The van der Waals surface area contributed by atoms with Gasteiger partial charge in [-0.05, 0) is 42.5 Å². The number of likely N-dealkylation sites (tertiary alicyclic amines) is 2. The zero-order chi connectivity index (χ0) is 16.0. The highest BCUT2D eigenvalue weighted by Crippen LogP contribution is 2.42. The second-order valence-electron chi connectivity index (χ2n) is 7.30. The van der Waals surface area contributed by atoms with Crippen molar-refractivity contribution in [1.29, 1.82) is 0 Å². The van der Waals surface area contributed by atoms with E-state index in [-0.39, 0.29) is 23.8 Å². The lowest BCUT2D eigenvalue weighted by molar-refractivity contribution is -0.146. The number of nitrogens with zero attached hydrogens (tertiary/aromatic N) is 2. The highest BCUT2D eigenvalue weighted by Gasteiger charge is 2.45. The van der Waals surface area contributed by atoms with Crippen LogP contribution in [0.1, 0.15) is 43.0 Å². The third kappa shape index (κ3) is 2.59. The average Bonchev–Trinajstić information content (AvgIpc) is 3.25. The Morgan fingerprint density at radius 2 is 1.96 bits per heavy atom. The van der Waals surface area contributed by atoms with Gasteiger partial charge in [0, 0.05) is 31.4 Å². The van der Waals surface area contributed by atoms with Crippen molar-refractivity contribution in [2.24, 2.45) is 17.8 Å². The number of piperidine rings is 1. The number of thiophene rings is 1. The number of carbonyl (C=O) groups excluding carboxylic acids is 2. The van der Waals surface area contributed by atoms with Gasteiger partial charge in [0.1, 0.15) is 0 Å². The van der Waals surface area contributed by atoms with Crippen LogP contribution in [0, 0.1) is 17.8 Å². The summed E-state index contributed by atoms with van der Waals surface area (Å²) in [5, 5.41) is 2.03. The van der Waals surface area contributed by atoms with Crippen LogP contribution >= 0.6 is 11.3 Å². The van der Waals surface area contributed by atoms with Gasteiger partial charge in [-0.15, -0.1) is 11.3 Å². The van der Waals surface area contributed by atoms with Crippen LogP contribution in [0.5, 0.6) is 0 Å². The van der Waals surface area contributed by atoms with Crippen molar-refractivity contribution in [1.82, 2.24) is 9.80 Å². The van der Waals surface area contributed by atoms with E-state index in [1.165, 1.54) is 19.3 Å². The molecule has 1 aromatic heterocycles. The molecule has 3 aliphatic rings. The molecule has 2 amide bonds. The van der Waals surface area contributed by atoms with Crippen LogP contribution in [0.25, 0.3) is 0 Å². The SMILES string of the molecule is CN1C(=O)CC[C@H](C(=O)N2C[C@@H]3CCC[C@H]3C2)[C@H]1c1cccs1. The van der Waals surface area contributed by atoms with Crippen molar-refractivity contribution in [2.75, 3.05) is 20.1 Å². The normalized spacial score (nSPS) is 34.0. The summed E-state index contributed by atoms with van der Waals surface area (Å²) in [6, 6.07) is 3.99. The van der Waals surface area contributed by atoms with E-state index in [0.29, 0.717) is 12.8 Å². The van der Waals surface area contributed by atoms with Crippen molar-refractivity contribution in [3.05, 3.63) is 22.4 Å². The van der Waals surface area contributed by atoms with Crippen LogP contribution in [0.2, 0.25) is 0 Å². The highest BCUT2D eigenvalue weighted by molar-refractivity contribution is 7.10. The molecule has 4 rings (SSSR count). The van der Waals surface area contributed by atoms with Crippen molar-refractivity contribution in [2.45, 2.75) is 38.1 Å². The Labute approximate surface area is 141 Å². The molecule has 0 N–H and O–H groups in total. The minimum absolute atomic E-state index is 0.0739. The van der Waals surface area contributed by atoms with E-state index >= 15 is 0 Å². The minimum atomic E-state index is -0.0795. The molecule has 0 unspecified atom stereocenters. The maximum atomic E-state index is 13.2. The van der Waals surface area contributed by atoms with Gasteiger partial charge in [0.2, 0.25) is 11.8 Å². The first-order valence-electron chi connectivity index (χ1n) is 8.73.